The zero-order valence-corrected chi connectivity index (χ0v) is 10.9. The zero-order chi connectivity index (χ0) is 14.8. The summed E-state index contributed by atoms with van der Waals surface area (Å²) in [7, 11) is 0. The number of carbonyl (C=O) groups excluding carboxylic acids is 1. The lowest BCUT2D eigenvalue weighted by atomic mass is 10.2. The molecule has 0 unspecified atom stereocenters. The fraction of sp³-hybridized carbons (Fsp3) is 0.167. The van der Waals surface area contributed by atoms with Crippen molar-refractivity contribution < 1.29 is 18.0 Å². The van der Waals surface area contributed by atoms with Gasteiger partial charge in [-0.15, -0.1) is 0 Å². The Bertz CT molecular complexity index is 611. The first-order chi connectivity index (χ1) is 9.38. The number of nitrogens with zero attached hydrogens (tertiary/aromatic N) is 1. The van der Waals surface area contributed by atoms with Crippen LogP contribution in [-0.4, -0.2) is 10.9 Å². The predicted molar refractivity (Wildman–Crippen MR) is 69.4 cm³/mol. The first-order valence-electron chi connectivity index (χ1n) is 5.51. The van der Waals surface area contributed by atoms with Crippen LogP contribution in [0.15, 0.2) is 29.0 Å². The van der Waals surface area contributed by atoms with E-state index in [1.165, 1.54) is 11.3 Å². The molecule has 0 fully saturated rings. The molecule has 2 aromatic rings. The highest BCUT2D eigenvalue weighted by Gasteiger charge is 2.33. The van der Waals surface area contributed by atoms with Crippen LogP contribution in [0.25, 0.3) is 0 Å². The quantitative estimate of drug-likeness (QED) is 0.912. The number of anilines is 1. The highest BCUT2D eigenvalue weighted by molar-refractivity contribution is 7.07. The van der Waals surface area contributed by atoms with Crippen LogP contribution in [0.5, 0.6) is 0 Å². The topological polar surface area (TPSA) is 68.0 Å². The van der Waals surface area contributed by atoms with Crippen LogP contribution in [0.4, 0.5) is 19.0 Å². The van der Waals surface area contributed by atoms with Crippen molar-refractivity contribution in [2.24, 2.45) is 5.73 Å². The maximum Gasteiger partial charge on any atom is 0.433 e. The number of pyridine rings is 1. The summed E-state index contributed by atoms with van der Waals surface area (Å²) >= 11 is 1.46. The lowest BCUT2D eigenvalue weighted by molar-refractivity contribution is -0.141. The van der Waals surface area contributed by atoms with Crippen molar-refractivity contribution in [1.82, 2.24) is 4.98 Å². The number of hydrogen-bond acceptors (Lipinski definition) is 4. The molecule has 0 radical (unpaired) electrons. The Morgan fingerprint density at radius 3 is 2.65 bits per heavy atom. The van der Waals surface area contributed by atoms with Gasteiger partial charge in [0, 0.05) is 6.54 Å². The van der Waals surface area contributed by atoms with Crippen LogP contribution < -0.4 is 11.1 Å². The minimum absolute atomic E-state index is 0.0757. The molecule has 0 bridgehead atoms. The van der Waals surface area contributed by atoms with Gasteiger partial charge in [-0.05, 0) is 34.5 Å². The summed E-state index contributed by atoms with van der Waals surface area (Å²) in [4.78, 5) is 14.6. The SMILES string of the molecule is NC(=O)c1ccc(C(F)(F)F)nc1NCc1ccsc1. The van der Waals surface area contributed by atoms with Gasteiger partial charge in [-0.3, -0.25) is 4.79 Å². The standard InChI is InChI=1S/C12H10F3N3OS/c13-12(14,15)9-2-1-8(10(16)19)11(18-9)17-5-7-3-4-20-6-7/h1-4,6H,5H2,(H2,16,19)(H,17,18). The fourth-order valence-electron chi connectivity index (χ4n) is 1.53. The Morgan fingerprint density at radius 1 is 1.35 bits per heavy atom. The number of thiophene rings is 1. The molecular formula is C12H10F3N3OS. The average molecular weight is 301 g/mol. The van der Waals surface area contributed by atoms with Crippen molar-refractivity contribution in [1.29, 1.82) is 0 Å². The molecule has 4 nitrogen and oxygen atoms in total. The Morgan fingerprint density at radius 2 is 2.10 bits per heavy atom. The van der Waals surface area contributed by atoms with Crippen molar-refractivity contribution in [3.8, 4) is 0 Å². The van der Waals surface area contributed by atoms with E-state index in [9.17, 15) is 18.0 Å². The zero-order valence-electron chi connectivity index (χ0n) is 10.1. The van der Waals surface area contributed by atoms with Crippen LogP contribution in [0.3, 0.4) is 0 Å². The largest absolute Gasteiger partial charge is 0.433 e. The van der Waals surface area contributed by atoms with Crippen LogP contribution in [0, 0.1) is 0 Å². The van der Waals surface area contributed by atoms with Gasteiger partial charge in [0.1, 0.15) is 11.5 Å². The first-order valence-corrected chi connectivity index (χ1v) is 6.45. The third-order valence-corrected chi connectivity index (χ3v) is 3.22. The van der Waals surface area contributed by atoms with Crippen LogP contribution in [-0.2, 0) is 12.7 Å². The van der Waals surface area contributed by atoms with E-state index < -0.39 is 17.8 Å². The Kier molecular flexibility index (Phi) is 3.93. The van der Waals surface area contributed by atoms with Gasteiger partial charge in [-0.2, -0.15) is 24.5 Å². The number of halogens is 3. The molecule has 0 aromatic carbocycles. The average Bonchev–Trinajstić information content (AvgIpc) is 2.87. The second kappa shape index (κ2) is 5.49. The molecule has 8 heteroatoms. The normalized spacial score (nSPS) is 11.3. The van der Waals surface area contributed by atoms with Crippen LogP contribution in [0.1, 0.15) is 21.6 Å². The number of rotatable bonds is 4. The number of aromatic nitrogens is 1. The van der Waals surface area contributed by atoms with E-state index >= 15 is 0 Å². The molecule has 0 saturated carbocycles. The summed E-state index contributed by atoms with van der Waals surface area (Å²) in [6.07, 6.45) is -4.57. The van der Waals surface area contributed by atoms with E-state index in [0.717, 1.165) is 17.7 Å². The predicted octanol–water partition coefficient (Wildman–Crippen LogP) is 2.87. The third kappa shape index (κ3) is 3.27. The van der Waals surface area contributed by atoms with Crippen molar-refractivity contribution in [3.63, 3.8) is 0 Å². The monoisotopic (exact) mass is 301 g/mol. The van der Waals surface area contributed by atoms with Crippen molar-refractivity contribution in [2.75, 3.05) is 5.32 Å². The number of hydrogen-bond donors (Lipinski definition) is 2. The molecule has 1 amide bonds. The molecule has 0 saturated heterocycles. The van der Waals surface area contributed by atoms with Crippen molar-refractivity contribution in [3.05, 3.63) is 45.8 Å². The molecule has 2 rings (SSSR count). The van der Waals surface area contributed by atoms with Crippen molar-refractivity contribution in [2.45, 2.75) is 12.7 Å². The van der Waals surface area contributed by atoms with E-state index in [4.69, 9.17) is 5.73 Å². The van der Waals surface area contributed by atoms with Gasteiger partial charge in [0.15, 0.2) is 0 Å². The van der Waals surface area contributed by atoms with E-state index in [1.807, 2.05) is 16.8 Å². The number of nitrogens with two attached hydrogens (primary N) is 1. The van der Waals surface area contributed by atoms with Crippen LogP contribution >= 0.6 is 11.3 Å². The lowest BCUT2D eigenvalue weighted by Crippen LogP contribution is -2.18. The number of carbonyl (C=O) groups is 1. The van der Waals surface area contributed by atoms with Gasteiger partial charge in [0.25, 0.3) is 5.91 Å². The minimum Gasteiger partial charge on any atom is -0.365 e. The van der Waals surface area contributed by atoms with Gasteiger partial charge < -0.3 is 11.1 Å². The maximum atomic E-state index is 12.6. The molecule has 3 N–H and O–H groups in total. The second-order valence-electron chi connectivity index (χ2n) is 3.94. The Hall–Kier alpha value is -2.09. The van der Waals surface area contributed by atoms with E-state index in [0.29, 0.717) is 0 Å². The fourth-order valence-corrected chi connectivity index (χ4v) is 2.20. The third-order valence-electron chi connectivity index (χ3n) is 2.49. The Labute approximate surface area is 116 Å². The van der Waals surface area contributed by atoms with Gasteiger partial charge in [-0.1, -0.05) is 0 Å². The number of nitrogens with one attached hydrogen (secondary N) is 1. The molecule has 2 heterocycles. The summed E-state index contributed by atoms with van der Waals surface area (Å²) in [5.74, 6) is -1.00. The van der Waals surface area contributed by atoms with Gasteiger partial charge in [0.05, 0.1) is 5.56 Å². The molecule has 20 heavy (non-hydrogen) atoms. The van der Waals surface area contributed by atoms with E-state index in [-0.39, 0.29) is 17.9 Å². The maximum absolute atomic E-state index is 12.6. The highest BCUT2D eigenvalue weighted by atomic mass is 32.1. The Balaban J connectivity index is 2.29. The van der Waals surface area contributed by atoms with Gasteiger partial charge in [-0.25, -0.2) is 4.98 Å². The second-order valence-corrected chi connectivity index (χ2v) is 4.72. The molecule has 0 atom stereocenters. The van der Waals surface area contributed by atoms with E-state index in [2.05, 4.69) is 10.3 Å². The molecule has 2 aromatic heterocycles. The molecule has 106 valence electrons. The lowest BCUT2D eigenvalue weighted by Gasteiger charge is -2.12. The molecule has 0 aliphatic rings. The van der Waals surface area contributed by atoms with Crippen LogP contribution in [0.2, 0.25) is 0 Å². The molecule has 0 aliphatic carbocycles. The van der Waals surface area contributed by atoms with E-state index in [1.54, 1.807) is 0 Å². The molecular weight excluding hydrogens is 291 g/mol. The molecule has 0 aliphatic heterocycles. The summed E-state index contributed by atoms with van der Waals surface area (Å²) in [5.41, 5.74) is 4.85. The van der Waals surface area contributed by atoms with Gasteiger partial charge in [0.2, 0.25) is 0 Å². The minimum atomic E-state index is -4.57. The summed E-state index contributed by atoms with van der Waals surface area (Å²) < 4.78 is 37.8. The summed E-state index contributed by atoms with van der Waals surface area (Å²) in [6, 6.07) is 3.57. The molecule has 0 spiro atoms. The first kappa shape index (κ1) is 14.3. The number of primary amides is 1. The summed E-state index contributed by atoms with van der Waals surface area (Å²) in [6.45, 7) is 0.262. The smallest absolute Gasteiger partial charge is 0.365 e. The van der Waals surface area contributed by atoms with Gasteiger partial charge >= 0.3 is 6.18 Å². The number of alkyl halides is 3. The van der Waals surface area contributed by atoms with Crippen molar-refractivity contribution >= 4 is 23.1 Å². The highest BCUT2D eigenvalue weighted by Crippen LogP contribution is 2.29. The summed E-state index contributed by atoms with van der Waals surface area (Å²) in [5, 5.41) is 6.38. The number of amides is 1.